The Morgan fingerprint density at radius 2 is 1.86 bits per heavy atom. The van der Waals surface area contributed by atoms with Crippen LogP contribution in [-0.4, -0.2) is 17.1 Å². The highest BCUT2D eigenvalue weighted by atomic mass is 32.2. The van der Waals surface area contributed by atoms with Crippen LogP contribution in [0.5, 0.6) is 5.75 Å². The Morgan fingerprint density at radius 3 is 2.55 bits per heavy atom. The highest BCUT2D eigenvalue weighted by molar-refractivity contribution is 7.85. The molecule has 2 aromatic carbocycles. The van der Waals surface area contributed by atoms with Crippen LogP contribution in [0.2, 0.25) is 0 Å². The molecule has 0 heterocycles. The first-order chi connectivity index (χ1) is 10.7. The van der Waals surface area contributed by atoms with Crippen LogP contribution in [0.25, 0.3) is 0 Å². The first kappa shape index (κ1) is 16.5. The molecule has 2 rings (SSSR count). The monoisotopic (exact) mass is 315 g/mol. The zero-order chi connectivity index (χ0) is 15.8. The van der Waals surface area contributed by atoms with E-state index in [-0.39, 0.29) is 0 Å². The van der Waals surface area contributed by atoms with Crippen molar-refractivity contribution in [3.63, 3.8) is 0 Å². The van der Waals surface area contributed by atoms with Crippen molar-refractivity contribution in [1.82, 2.24) is 5.32 Å². The standard InChI is InChI=1S/C18H21NO2S/c1-3-12-22(20)18-7-5-4-6-16(18)14-19-13-15-8-10-17(21-2)11-9-15/h3-11,19H,1,12-14H2,2H3. The van der Waals surface area contributed by atoms with Crippen LogP contribution in [0.3, 0.4) is 0 Å². The molecule has 2 aromatic rings. The fraction of sp³-hybridized carbons (Fsp3) is 0.222. The number of ether oxygens (including phenoxy) is 1. The predicted molar refractivity (Wildman–Crippen MR) is 91.5 cm³/mol. The van der Waals surface area contributed by atoms with E-state index in [0.29, 0.717) is 12.3 Å². The smallest absolute Gasteiger partial charge is 0.118 e. The van der Waals surface area contributed by atoms with E-state index >= 15 is 0 Å². The molecule has 0 spiro atoms. The average Bonchev–Trinajstić information content (AvgIpc) is 2.56. The summed E-state index contributed by atoms with van der Waals surface area (Å²) in [5, 5.41) is 3.39. The molecule has 1 atom stereocenters. The maximum atomic E-state index is 12.2. The minimum Gasteiger partial charge on any atom is -0.497 e. The van der Waals surface area contributed by atoms with Gasteiger partial charge in [-0.2, -0.15) is 0 Å². The average molecular weight is 315 g/mol. The van der Waals surface area contributed by atoms with Crippen LogP contribution in [0.1, 0.15) is 11.1 Å². The summed E-state index contributed by atoms with van der Waals surface area (Å²) in [5.41, 5.74) is 2.25. The van der Waals surface area contributed by atoms with Gasteiger partial charge in [0.2, 0.25) is 0 Å². The Hall–Kier alpha value is -1.91. The zero-order valence-electron chi connectivity index (χ0n) is 12.7. The van der Waals surface area contributed by atoms with Crippen LogP contribution in [0.15, 0.2) is 66.1 Å². The van der Waals surface area contributed by atoms with Gasteiger partial charge in [-0.25, -0.2) is 0 Å². The number of benzene rings is 2. The molecule has 0 aliphatic rings. The van der Waals surface area contributed by atoms with E-state index < -0.39 is 10.8 Å². The fourth-order valence-electron chi connectivity index (χ4n) is 2.15. The van der Waals surface area contributed by atoms with E-state index in [1.54, 1.807) is 13.2 Å². The molecule has 22 heavy (non-hydrogen) atoms. The molecular weight excluding hydrogens is 294 g/mol. The van der Waals surface area contributed by atoms with E-state index in [0.717, 1.165) is 22.8 Å². The minimum absolute atomic E-state index is 0.482. The van der Waals surface area contributed by atoms with Crippen molar-refractivity contribution >= 4 is 10.8 Å². The largest absolute Gasteiger partial charge is 0.497 e. The molecule has 0 fully saturated rings. The molecule has 0 aromatic heterocycles. The molecular formula is C18H21NO2S. The SMILES string of the molecule is C=CCS(=O)c1ccccc1CNCc1ccc(OC)cc1. The normalized spacial score (nSPS) is 11.9. The molecule has 0 amide bonds. The van der Waals surface area contributed by atoms with Gasteiger partial charge in [-0.05, 0) is 29.3 Å². The molecule has 116 valence electrons. The summed E-state index contributed by atoms with van der Waals surface area (Å²) in [7, 11) is 0.638. The molecule has 0 radical (unpaired) electrons. The van der Waals surface area contributed by atoms with Gasteiger partial charge in [-0.15, -0.1) is 6.58 Å². The number of rotatable bonds is 8. The van der Waals surface area contributed by atoms with Crippen molar-refractivity contribution in [2.24, 2.45) is 0 Å². The summed E-state index contributed by atoms with van der Waals surface area (Å²) in [6.45, 7) is 5.09. The topological polar surface area (TPSA) is 38.3 Å². The zero-order valence-corrected chi connectivity index (χ0v) is 13.6. The van der Waals surface area contributed by atoms with Crippen molar-refractivity contribution in [3.8, 4) is 5.75 Å². The van der Waals surface area contributed by atoms with Gasteiger partial charge in [0.05, 0.1) is 17.9 Å². The second-order valence-corrected chi connectivity index (χ2v) is 6.32. The van der Waals surface area contributed by atoms with E-state index in [4.69, 9.17) is 4.74 Å². The third-order valence-electron chi connectivity index (χ3n) is 3.29. The lowest BCUT2D eigenvalue weighted by atomic mass is 10.2. The van der Waals surface area contributed by atoms with Gasteiger partial charge in [0.15, 0.2) is 0 Å². The Kier molecular flexibility index (Phi) is 6.37. The molecule has 4 heteroatoms. The maximum absolute atomic E-state index is 12.2. The third-order valence-corrected chi connectivity index (χ3v) is 4.72. The summed E-state index contributed by atoms with van der Waals surface area (Å²) < 4.78 is 17.3. The summed E-state index contributed by atoms with van der Waals surface area (Å²) in [6, 6.07) is 15.8. The second kappa shape index (κ2) is 8.51. The van der Waals surface area contributed by atoms with E-state index in [1.807, 2.05) is 48.5 Å². The number of hydrogen-bond acceptors (Lipinski definition) is 3. The summed E-state index contributed by atoms with van der Waals surface area (Å²) >= 11 is 0. The van der Waals surface area contributed by atoms with E-state index in [1.165, 1.54) is 5.56 Å². The number of methoxy groups -OCH3 is 1. The molecule has 0 aliphatic carbocycles. The highest BCUT2D eigenvalue weighted by Gasteiger charge is 2.07. The van der Waals surface area contributed by atoms with Crippen molar-refractivity contribution in [1.29, 1.82) is 0 Å². The van der Waals surface area contributed by atoms with Crippen molar-refractivity contribution in [3.05, 3.63) is 72.3 Å². The Bertz CT molecular complexity index is 638. The van der Waals surface area contributed by atoms with Crippen LogP contribution in [0.4, 0.5) is 0 Å². The van der Waals surface area contributed by atoms with Crippen LogP contribution >= 0.6 is 0 Å². The lowest BCUT2D eigenvalue weighted by molar-refractivity contribution is 0.414. The van der Waals surface area contributed by atoms with Crippen molar-refractivity contribution in [2.45, 2.75) is 18.0 Å². The maximum Gasteiger partial charge on any atom is 0.118 e. The van der Waals surface area contributed by atoms with Gasteiger partial charge in [-0.3, -0.25) is 4.21 Å². The molecule has 0 saturated carbocycles. The molecule has 1 unspecified atom stereocenters. The predicted octanol–water partition coefficient (Wildman–Crippen LogP) is 3.28. The lowest BCUT2D eigenvalue weighted by Crippen LogP contribution is -2.14. The first-order valence-electron chi connectivity index (χ1n) is 7.15. The Labute approximate surface area is 134 Å². The minimum atomic E-state index is -1.02. The lowest BCUT2D eigenvalue weighted by Gasteiger charge is -2.10. The molecule has 1 N–H and O–H groups in total. The van der Waals surface area contributed by atoms with Gasteiger partial charge >= 0.3 is 0 Å². The number of hydrogen-bond donors (Lipinski definition) is 1. The van der Waals surface area contributed by atoms with Gasteiger partial charge in [-0.1, -0.05) is 36.4 Å². The molecule has 0 aliphatic heterocycles. The summed E-state index contributed by atoms with van der Waals surface area (Å²) in [4.78, 5) is 0.879. The van der Waals surface area contributed by atoms with Crippen LogP contribution < -0.4 is 10.1 Å². The van der Waals surface area contributed by atoms with Gasteiger partial charge in [0.1, 0.15) is 5.75 Å². The van der Waals surface area contributed by atoms with Gasteiger partial charge in [0, 0.05) is 23.7 Å². The fourth-order valence-corrected chi connectivity index (χ4v) is 3.21. The quantitative estimate of drug-likeness (QED) is 0.760. The Balaban J connectivity index is 1.96. The van der Waals surface area contributed by atoms with Crippen LogP contribution in [0, 0.1) is 0 Å². The molecule has 0 bridgehead atoms. The van der Waals surface area contributed by atoms with E-state index in [2.05, 4.69) is 11.9 Å². The molecule has 3 nitrogen and oxygen atoms in total. The van der Waals surface area contributed by atoms with Crippen molar-refractivity contribution in [2.75, 3.05) is 12.9 Å². The van der Waals surface area contributed by atoms with E-state index in [9.17, 15) is 4.21 Å². The van der Waals surface area contributed by atoms with Crippen LogP contribution in [-0.2, 0) is 23.9 Å². The number of nitrogens with one attached hydrogen (secondary N) is 1. The van der Waals surface area contributed by atoms with Crippen molar-refractivity contribution < 1.29 is 8.95 Å². The molecule has 0 saturated heterocycles. The highest BCUT2D eigenvalue weighted by Crippen LogP contribution is 2.15. The van der Waals surface area contributed by atoms with Gasteiger partial charge in [0.25, 0.3) is 0 Å². The first-order valence-corrected chi connectivity index (χ1v) is 8.47. The Morgan fingerprint density at radius 1 is 1.14 bits per heavy atom. The summed E-state index contributed by atoms with van der Waals surface area (Å²) in [6.07, 6.45) is 1.69. The second-order valence-electron chi connectivity index (χ2n) is 4.86. The third kappa shape index (κ3) is 4.55. The van der Waals surface area contributed by atoms with Gasteiger partial charge < -0.3 is 10.1 Å². The summed E-state index contributed by atoms with van der Waals surface area (Å²) in [5.74, 6) is 1.34.